The van der Waals surface area contributed by atoms with Crippen LogP contribution in [0.25, 0.3) is 162 Å². The van der Waals surface area contributed by atoms with Gasteiger partial charge in [-0.15, -0.1) is 22.7 Å². The van der Waals surface area contributed by atoms with Crippen molar-refractivity contribution in [3.05, 3.63) is 508 Å². The van der Waals surface area contributed by atoms with Gasteiger partial charge in [-0.05, 0) is 211 Å². The Bertz CT molecular complexity index is 8290. The number of hydrogen-bond donors (Lipinski definition) is 0. The quantitative estimate of drug-likeness (QED) is 0.102. The molecule has 6 heteroatoms. The molecule has 4 heterocycles. The average Bonchev–Trinajstić information content (AvgIpc) is 1.56. The van der Waals surface area contributed by atoms with Crippen LogP contribution in [0.15, 0.2) is 485 Å². The molecule has 0 fully saturated rings. The van der Waals surface area contributed by atoms with Crippen molar-refractivity contribution >= 4 is 141 Å². The van der Waals surface area contributed by atoms with Crippen molar-refractivity contribution in [2.75, 3.05) is 9.80 Å². The lowest BCUT2D eigenvalue weighted by Gasteiger charge is -2.34. The van der Waals surface area contributed by atoms with Gasteiger partial charge in [-0.2, -0.15) is 0 Å². The molecule has 0 radical (unpaired) electrons. The zero-order valence-electron chi connectivity index (χ0n) is 69.3. The van der Waals surface area contributed by atoms with Crippen LogP contribution in [0.4, 0.5) is 34.1 Å². The van der Waals surface area contributed by atoms with Gasteiger partial charge in [0.15, 0.2) is 0 Å². The highest BCUT2D eigenvalue weighted by molar-refractivity contribution is 7.26. The first-order chi connectivity index (χ1) is 63.0. The van der Waals surface area contributed by atoms with Crippen molar-refractivity contribution in [1.29, 1.82) is 0 Å². The first-order valence-corrected chi connectivity index (χ1v) is 45.1. The molecule has 0 N–H and O–H groups in total. The first kappa shape index (κ1) is 74.8. The summed E-state index contributed by atoms with van der Waals surface area (Å²) in [6.07, 6.45) is 0. The van der Waals surface area contributed by atoms with Crippen LogP contribution in [-0.4, -0.2) is 9.13 Å². The Labute approximate surface area is 745 Å². The van der Waals surface area contributed by atoms with E-state index in [0.717, 1.165) is 45.3 Å². The molecule has 4 aromatic heterocycles. The minimum atomic E-state index is -0.465. The molecule has 0 amide bonds. The molecule has 24 aromatic rings. The highest BCUT2D eigenvalue weighted by Crippen LogP contribution is 2.58. The number of fused-ring (bicyclic) bond motifs is 15. The summed E-state index contributed by atoms with van der Waals surface area (Å²) >= 11 is 3.73. The van der Waals surface area contributed by atoms with E-state index in [4.69, 9.17) is 0 Å². The van der Waals surface area contributed by atoms with Crippen LogP contribution < -0.4 is 9.80 Å². The van der Waals surface area contributed by atoms with Crippen LogP contribution in [0.2, 0.25) is 0 Å². The van der Waals surface area contributed by atoms with Crippen LogP contribution in [0.5, 0.6) is 0 Å². The topological polar surface area (TPSA) is 16.3 Å². The van der Waals surface area contributed by atoms with E-state index in [1.54, 1.807) is 0 Å². The number of aromatic nitrogens is 2. The van der Waals surface area contributed by atoms with E-state index in [9.17, 15) is 0 Å². The largest absolute Gasteiger partial charge is 0.310 e. The fourth-order valence-electron chi connectivity index (χ4n) is 20.1. The minimum absolute atomic E-state index is 0.465. The van der Waals surface area contributed by atoms with E-state index < -0.39 is 5.41 Å². The number of para-hydroxylation sites is 6. The predicted octanol–water partition coefficient (Wildman–Crippen LogP) is 33.9. The van der Waals surface area contributed by atoms with E-state index in [-0.39, 0.29) is 0 Å². The summed E-state index contributed by atoms with van der Waals surface area (Å²) in [7, 11) is 0. The second kappa shape index (κ2) is 31.4. The van der Waals surface area contributed by atoms with Gasteiger partial charge in [-0.25, -0.2) is 0 Å². The standard InChI is InChI=1S/C67H44N2S.C54H36N2S/c1-4-21-48(22-5-1)67(49-23-6-2-7-24-49)60-31-14-10-28-54(60)59-43-51(37-40-61(59)67)68(50-25-8-3-9-26-50)62-32-15-11-27-53(62)47-20-18-19-45(41-47)46-35-38-56-55-29-12-16-33-63(55)69(64(56)42-46)52-36-39-58-57-30-13-17-34-65(57)70-66(58)44-52;1-3-14-37(15-4-1)38-26-29-43(30-27-38)55(42-18-5-2-6-19-42)50-23-10-7-20-45(50)41-17-13-16-39(34-41)40-28-32-47-46-21-8-11-24-51(46)56(52(47)35-40)44-31-33-49-48-22-9-12-25-53(48)57-54(49)36-44/h1-44H;1-36H. The molecular formula is C121H80N4S2. The summed E-state index contributed by atoms with van der Waals surface area (Å²) in [6.45, 7) is 0. The fourth-order valence-corrected chi connectivity index (χ4v) is 22.4. The van der Waals surface area contributed by atoms with Crippen molar-refractivity contribution in [1.82, 2.24) is 9.13 Å². The monoisotopic (exact) mass is 1650 g/mol. The normalized spacial score (nSPS) is 12.2. The van der Waals surface area contributed by atoms with Crippen LogP contribution in [0.1, 0.15) is 22.3 Å². The number of thiophene rings is 2. The molecule has 20 aromatic carbocycles. The second-order valence-corrected chi connectivity index (χ2v) is 35.1. The van der Waals surface area contributed by atoms with E-state index in [1.165, 1.54) is 173 Å². The highest BCUT2D eigenvalue weighted by atomic mass is 32.1. The zero-order valence-corrected chi connectivity index (χ0v) is 70.9. The number of anilines is 6. The van der Waals surface area contributed by atoms with Crippen molar-refractivity contribution in [3.8, 4) is 78.1 Å². The molecular weight excluding hydrogens is 1570 g/mol. The Kier molecular flexibility index (Phi) is 18.5. The molecule has 1 aliphatic carbocycles. The van der Waals surface area contributed by atoms with Gasteiger partial charge in [-0.1, -0.05) is 352 Å². The van der Waals surface area contributed by atoms with E-state index in [1.807, 2.05) is 22.7 Å². The van der Waals surface area contributed by atoms with Crippen molar-refractivity contribution < 1.29 is 0 Å². The third-order valence-electron chi connectivity index (χ3n) is 25.9. The molecule has 0 atom stereocenters. The molecule has 25 rings (SSSR count). The maximum atomic E-state index is 2.45. The molecule has 0 spiro atoms. The third-order valence-corrected chi connectivity index (χ3v) is 28.1. The Balaban J connectivity index is 0.000000145. The summed E-state index contributed by atoms with van der Waals surface area (Å²) in [4.78, 5) is 4.81. The third kappa shape index (κ3) is 12.9. The smallest absolute Gasteiger partial charge is 0.0713 e. The molecule has 0 saturated carbocycles. The van der Waals surface area contributed by atoms with Gasteiger partial charge < -0.3 is 18.9 Å². The average molecular weight is 1650 g/mol. The molecule has 4 nitrogen and oxygen atoms in total. The van der Waals surface area contributed by atoms with Crippen molar-refractivity contribution in [2.45, 2.75) is 5.41 Å². The molecule has 596 valence electrons. The Morgan fingerprint density at radius 2 is 0.520 bits per heavy atom. The molecule has 0 saturated heterocycles. The van der Waals surface area contributed by atoms with E-state index >= 15 is 0 Å². The van der Waals surface area contributed by atoms with Gasteiger partial charge >= 0.3 is 0 Å². The fraction of sp³-hybridized carbons (Fsp3) is 0.00826. The Morgan fingerprint density at radius 3 is 1.03 bits per heavy atom. The lowest BCUT2D eigenvalue weighted by molar-refractivity contribution is 0.768. The van der Waals surface area contributed by atoms with Gasteiger partial charge in [0.05, 0.1) is 38.9 Å². The van der Waals surface area contributed by atoms with Crippen molar-refractivity contribution in [3.63, 3.8) is 0 Å². The van der Waals surface area contributed by atoms with Gasteiger partial charge in [0.25, 0.3) is 0 Å². The molecule has 0 unspecified atom stereocenters. The van der Waals surface area contributed by atoms with Crippen LogP contribution in [0, 0.1) is 0 Å². The number of hydrogen-bond acceptors (Lipinski definition) is 4. The summed E-state index contributed by atoms with van der Waals surface area (Å²) in [5.41, 5.74) is 32.8. The van der Waals surface area contributed by atoms with Crippen LogP contribution in [-0.2, 0) is 5.41 Å². The van der Waals surface area contributed by atoms with Gasteiger partial charge in [0, 0.05) is 107 Å². The van der Waals surface area contributed by atoms with Crippen LogP contribution >= 0.6 is 22.7 Å². The second-order valence-electron chi connectivity index (χ2n) is 32.9. The predicted molar refractivity (Wildman–Crippen MR) is 541 cm³/mol. The highest BCUT2D eigenvalue weighted by Gasteiger charge is 2.46. The summed E-state index contributed by atoms with van der Waals surface area (Å²) in [5, 5.41) is 10.3. The Hall–Kier alpha value is -16.0. The molecule has 0 aliphatic heterocycles. The van der Waals surface area contributed by atoms with Gasteiger partial charge in [0.1, 0.15) is 0 Å². The van der Waals surface area contributed by atoms with Gasteiger partial charge in [-0.3, -0.25) is 0 Å². The number of nitrogens with zero attached hydrogens (tertiary/aromatic N) is 4. The lowest BCUT2D eigenvalue weighted by atomic mass is 9.68. The summed E-state index contributed by atoms with van der Waals surface area (Å²) in [6, 6.07) is 178. The lowest BCUT2D eigenvalue weighted by Crippen LogP contribution is -2.28. The van der Waals surface area contributed by atoms with Crippen LogP contribution in [0.3, 0.4) is 0 Å². The molecule has 1 aliphatic rings. The minimum Gasteiger partial charge on any atom is -0.310 e. The van der Waals surface area contributed by atoms with Gasteiger partial charge in [0.2, 0.25) is 0 Å². The van der Waals surface area contributed by atoms with E-state index in [2.05, 4.69) is 504 Å². The first-order valence-electron chi connectivity index (χ1n) is 43.5. The maximum Gasteiger partial charge on any atom is 0.0713 e. The van der Waals surface area contributed by atoms with Crippen molar-refractivity contribution in [2.24, 2.45) is 0 Å². The molecule has 127 heavy (non-hydrogen) atoms. The zero-order chi connectivity index (χ0) is 83.9. The summed E-state index contributed by atoms with van der Waals surface area (Å²) in [5.74, 6) is 0. The maximum absolute atomic E-state index is 2.45. The number of rotatable bonds is 15. The SMILES string of the molecule is c1ccc(-c2ccc(N(c3ccccc3)c3ccccc3-c3cccc(-c4ccc5c6ccccc6n(-c6ccc7c(c6)sc6ccccc67)c5c4)c3)cc2)cc1.c1ccc(N(c2ccc3c(c2)-c2ccccc2C3(c2ccccc2)c2ccccc2)c2ccccc2-c2cccc(-c3ccc4c5ccccc5n(-c5ccc6c(c5)sc5ccccc56)c4c3)c2)cc1. The Morgan fingerprint density at radius 1 is 0.181 bits per heavy atom. The van der Waals surface area contributed by atoms with E-state index in [0.29, 0.717) is 0 Å². The summed E-state index contributed by atoms with van der Waals surface area (Å²) < 4.78 is 10.1. The molecule has 0 bridgehead atoms. The number of benzene rings is 20.